The van der Waals surface area contributed by atoms with E-state index in [1.807, 2.05) is 50.2 Å². The minimum Gasteiger partial charge on any atom is -0.457 e. The SMILES string of the molecule is COCCCn1c(C)cc(C(=O)COC(=O)C2(c3ccccc3)CC2)c1C. The van der Waals surface area contributed by atoms with Gasteiger partial charge >= 0.3 is 5.97 Å². The molecule has 1 saturated carbocycles. The zero-order valence-corrected chi connectivity index (χ0v) is 16.3. The van der Waals surface area contributed by atoms with Crippen molar-refractivity contribution in [3.63, 3.8) is 0 Å². The molecular weight excluding hydrogens is 342 g/mol. The van der Waals surface area contributed by atoms with Crippen molar-refractivity contribution in [3.05, 3.63) is 58.9 Å². The van der Waals surface area contributed by atoms with E-state index in [1.54, 1.807) is 7.11 Å². The summed E-state index contributed by atoms with van der Waals surface area (Å²) >= 11 is 0. The fourth-order valence-corrected chi connectivity index (χ4v) is 3.63. The number of carbonyl (C=O) groups is 2. The second-order valence-corrected chi connectivity index (χ2v) is 7.23. The summed E-state index contributed by atoms with van der Waals surface area (Å²) in [6.45, 7) is 5.18. The summed E-state index contributed by atoms with van der Waals surface area (Å²) < 4.78 is 12.6. The molecule has 1 aliphatic carbocycles. The summed E-state index contributed by atoms with van der Waals surface area (Å²) in [5, 5.41) is 0. The molecule has 0 aliphatic heterocycles. The molecule has 0 N–H and O–H groups in total. The molecule has 0 unspecified atom stereocenters. The number of methoxy groups -OCH3 is 1. The topological polar surface area (TPSA) is 57.5 Å². The normalized spacial score (nSPS) is 14.8. The van der Waals surface area contributed by atoms with Gasteiger partial charge in [0, 0.05) is 37.2 Å². The number of esters is 1. The van der Waals surface area contributed by atoms with E-state index in [0.717, 1.165) is 42.8 Å². The van der Waals surface area contributed by atoms with E-state index >= 15 is 0 Å². The Hall–Kier alpha value is -2.40. The van der Waals surface area contributed by atoms with Crippen LogP contribution < -0.4 is 0 Å². The van der Waals surface area contributed by atoms with Crippen LogP contribution in [0.5, 0.6) is 0 Å². The van der Waals surface area contributed by atoms with Gasteiger partial charge in [-0.2, -0.15) is 0 Å². The maximum absolute atomic E-state index is 12.6. The van der Waals surface area contributed by atoms with E-state index in [4.69, 9.17) is 9.47 Å². The summed E-state index contributed by atoms with van der Waals surface area (Å²) in [7, 11) is 1.68. The summed E-state index contributed by atoms with van der Waals surface area (Å²) in [5.74, 6) is -0.450. The first kappa shape index (κ1) is 19.4. The van der Waals surface area contributed by atoms with E-state index in [9.17, 15) is 9.59 Å². The van der Waals surface area contributed by atoms with Gasteiger partial charge in [-0.15, -0.1) is 0 Å². The molecular formula is C22H27NO4. The molecule has 1 aromatic heterocycles. The molecule has 3 rings (SSSR count). The van der Waals surface area contributed by atoms with Gasteiger partial charge in [-0.05, 0) is 44.7 Å². The maximum Gasteiger partial charge on any atom is 0.317 e. The second-order valence-electron chi connectivity index (χ2n) is 7.23. The molecule has 2 aromatic rings. The molecule has 144 valence electrons. The first-order chi connectivity index (χ1) is 13.0. The highest BCUT2D eigenvalue weighted by molar-refractivity contribution is 6.00. The van der Waals surface area contributed by atoms with Crippen LogP contribution in [-0.2, 0) is 26.2 Å². The van der Waals surface area contributed by atoms with E-state index in [1.165, 1.54) is 0 Å². The number of carbonyl (C=O) groups excluding carboxylic acids is 2. The third-order valence-corrected chi connectivity index (χ3v) is 5.41. The summed E-state index contributed by atoms with van der Waals surface area (Å²) in [6, 6.07) is 11.5. The maximum atomic E-state index is 12.6. The minimum atomic E-state index is -0.557. The number of hydrogen-bond donors (Lipinski definition) is 0. The third-order valence-electron chi connectivity index (χ3n) is 5.41. The lowest BCUT2D eigenvalue weighted by molar-refractivity contribution is -0.145. The fraction of sp³-hybridized carbons (Fsp3) is 0.455. The Bertz CT molecular complexity index is 818. The van der Waals surface area contributed by atoms with Crippen LogP contribution in [0.15, 0.2) is 36.4 Å². The van der Waals surface area contributed by atoms with Gasteiger partial charge in [0.1, 0.15) is 0 Å². The van der Waals surface area contributed by atoms with Crippen LogP contribution >= 0.6 is 0 Å². The van der Waals surface area contributed by atoms with Crippen LogP contribution in [0.4, 0.5) is 0 Å². The van der Waals surface area contributed by atoms with Crippen LogP contribution in [-0.4, -0.2) is 36.6 Å². The molecule has 1 aromatic carbocycles. The highest BCUT2D eigenvalue weighted by Crippen LogP contribution is 2.49. The summed E-state index contributed by atoms with van der Waals surface area (Å²) in [6.07, 6.45) is 2.44. The van der Waals surface area contributed by atoms with Gasteiger partial charge in [-0.25, -0.2) is 0 Å². The minimum absolute atomic E-state index is 0.154. The van der Waals surface area contributed by atoms with E-state index in [2.05, 4.69) is 4.57 Å². The van der Waals surface area contributed by atoms with Crippen LogP contribution in [0.2, 0.25) is 0 Å². The smallest absolute Gasteiger partial charge is 0.317 e. The first-order valence-electron chi connectivity index (χ1n) is 9.41. The Morgan fingerprint density at radius 2 is 1.85 bits per heavy atom. The molecule has 0 spiro atoms. The van der Waals surface area contributed by atoms with Gasteiger partial charge in [-0.3, -0.25) is 9.59 Å². The average molecular weight is 369 g/mol. The molecule has 5 nitrogen and oxygen atoms in total. The van der Waals surface area contributed by atoms with Crippen molar-refractivity contribution in [2.24, 2.45) is 0 Å². The van der Waals surface area contributed by atoms with Crippen LogP contribution in [0.3, 0.4) is 0 Å². The van der Waals surface area contributed by atoms with Crippen molar-refractivity contribution in [1.82, 2.24) is 4.57 Å². The van der Waals surface area contributed by atoms with Crippen LogP contribution in [0, 0.1) is 13.8 Å². The number of nitrogens with zero attached hydrogens (tertiary/aromatic N) is 1. The Balaban J connectivity index is 1.63. The number of hydrogen-bond acceptors (Lipinski definition) is 4. The highest BCUT2D eigenvalue weighted by Gasteiger charge is 2.52. The van der Waals surface area contributed by atoms with Crippen molar-refractivity contribution in [2.75, 3.05) is 20.3 Å². The number of rotatable bonds is 9. The lowest BCUT2D eigenvalue weighted by Gasteiger charge is -2.14. The lowest BCUT2D eigenvalue weighted by Crippen LogP contribution is -2.26. The summed E-state index contributed by atoms with van der Waals surface area (Å²) in [5.41, 5.74) is 2.98. The van der Waals surface area contributed by atoms with Crippen molar-refractivity contribution in [2.45, 2.75) is 45.1 Å². The first-order valence-corrected chi connectivity index (χ1v) is 9.41. The van der Waals surface area contributed by atoms with Crippen molar-refractivity contribution < 1.29 is 19.1 Å². The Morgan fingerprint density at radius 1 is 1.15 bits per heavy atom. The number of ketones is 1. The molecule has 1 heterocycles. The quantitative estimate of drug-likeness (QED) is 0.385. The van der Waals surface area contributed by atoms with E-state index in [-0.39, 0.29) is 18.4 Å². The number of ether oxygens (including phenoxy) is 2. The van der Waals surface area contributed by atoms with Crippen molar-refractivity contribution >= 4 is 11.8 Å². The second kappa shape index (κ2) is 8.09. The molecule has 0 atom stereocenters. The third kappa shape index (κ3) is 3.98. The molecule has 5 heteroatoms. The number of aryl methyl sites for hydroxylation is 1. The van der Waals surface area contributed by atoms with E-state index < -0.39 is 5.41 Å². The monoisotopic (exact) mass is 369 g/mol. The van der Waals surface area contributed by atoms with Crippen molar-refractivity contribution in [1.29, 1.82) is 0 Å². The Morgan fingerprint density at radius 3 is 2.48 bits per heavy atom. The fourth-order valence-electron chi connectivity index (χ4n) is 3.63. The van der Waals surface area contributed by atoms with Crippen LogP contribution in [0.25, 0.3) is 0 Å². The molecule has 1 aliphatic rings. The van der Waals surface area contributed by atoms with Gasteiger partial charge < -0.3 is 14.0 Å². The van der Waals surface area contributed by atoms with Gasteiger partial charge in [0.25, 0.3) is 0 Å². The van der Waals surface area contributed by atoms with Gasteiger partial charge in [-0.1, -0.05) is 30.3 Å². The molecule has 27 heavy (non-hydrogen) atoms. The number of aromatic nitrogens is 1. The molecule has 0 saturated heterocycles. The Kier molecular flexibility index (Phi) is 5.80. The molecule has 0 bridgehead atoms. The van der Waals surface area contributed by atoms with Crippen molar-refractivity contribution in [3.8, 4) is 0 Å². The lowest BCUT2D eigenvalue weighted by atomic mass is 9.96. The van der Waals surface area contributed by atoms with Gasteiger partial charge in [0.05, 0.1) is 5.41 Å². The standard InChI is InChI=1S/C22H27NO4/c1-16-14-19(17(2)23(16)12-7-13-26-3)20(24)15-27-21(25)22(10-11-22)18-8-5-4-6-9-18/h4-6,8-9,14H,7,10-13,15H2,1-3H3. The largest absolute Gasteiger partial charge is 0.457 e. The summed E-state index contributed by atoms with van der Waals surface area (Å²) in [4.78, 5) is 25.2. The number of Topliss-reactive ketones (excluding diaryl/α,β-unsaturated/α-hetero) is 1. The zero-order chi connectivity index (χ0) is 19.4. The zero-order valence-electron chi connectivity index (χ0n) is 16.3. The highest BCUT2D eigenvalue weighted by atomic mass is 16.5. The molecule has 0 radical (unpaired) electrons. The molecule has 1 fully saturated rings. The predicted octanol–water partition coefficient (Wildman–Crippen LogP) is 3.60. The predicted molar refractivity (Wildman–Crippen MR) is 103 cm³/mol. The number of benzene rings is 1. The molecule has 0 amide bonds. The van der Waals surface area contributed by atoms with E-state index in [0.29, 0.717) is 12.2 Å². The van der Waals surface area contributed by atoms with Gasteiger partial charge in [0.15, 0.2) is 6.61 Å². The average Bonchev–Trinajstić information content (AvgIpc) is 3.44. The van der Waals surface area contributed by atoms with Gasteiger partial charge in [0.2, 0.25) is 5.78 Å². The van der Waals surface area contributed by atoms with Crippen LogP contribution in [0.1, 0.15) is 46.6 Å². The Labute approximate surface area is 160 Å².